The molecule has 69 heavy (non-hydrogen) atoms. The number of rotatable bonds is 7. The summed E-state index contributed by atoms with van der Waals surface area (Å²) in [5, 5.41) is 2.87. The highest BCUT2D eigenvalue weighted by atomic mass is 16.6. The van der Waals surface area contributed by atoms with Crippen molar-refractivity contribution < 1.29 is 37.9 Å². The van der Waals surface area contributed by atoms with Gasteiger partial charge in [-0.15, -0.1) is 0 Å². The highest BCUT2D eigenvalue weighted by Gasteiger charge is 2.46. The summed E-state index contributed by atoms with van der Waals surface area (Å²) < 4.78 is 51.3. The average molecular weight is 933 g/mol. The summed E-state index contributed by atoms with van der Waals surface area (Å²) in [4.78, 5) is 38.7. The normalized spacial score (nSPS) is 17.1. The van der Waals surface area contributed by atoms with Crippen molar-refractivity contribution in [2.45, 2.75) is 124 Å². The monoisotopic (exact) mass is 932 g/mol. The summed E-state index contributed by atoms with van der Waals surface area (Å²) in [6, 6.07) is 15.4. The summed E-state index contributed by atoms with van der Waals surface area (Å²) >= 11 is 0. The van der Waals surface area contributed by atoms with E-state index < -0.39 is 22.4 Å². The van der Waals surface area contributed by atoms with E-state index in [0.29, 0.717) is 125 Å². The van der Waals surface area contributed by atoms with Crippen LogP contribution in [0, 0.1) is 0 Å². The van der Waals surface area contributed by atoms with Crippen LogP contribution in [-0.2, 0) is 0 Å². The number of benzene rings is 4. The highest BCUT2D eigenvalue weighted by Crippen LogP contribution is 2.50. The Bertz CT molecular complexity index is 3500. The van der Waals surface area contributed by atoms with Crippen molar-refractivity contribution in [1.29, 1.82) is 0 Å². The molecule has 356 valence electrons. The standard InChI is InChI=1S/C53H56N8O8/c1-15-50(5,6)66-38-20-30-27(17-35(38)63-14)43-56-46(30)55-42-26-16-34(62-13)36(64-24(2)3)18-28(26)44(54-42)58-48-32-22-40-41(69-53(11,12)52(9,10)68-40)23-33(32)49(61-48)60-45-29-19-37-39(21-31(29)47(57-43)59-45)67-51(7,8)25(4)65-37/h16-25H,15H2,1-14H3,(H2,54,55,56,57,58,59,60,61). The van der Waals surface area contributed by atoms with E-state index in [1.54, 1.807) is 14.2 Å². The first-order valence-corrected chi connectivity index (χ1v) is 23.4. The predicted octanol–water partition coefficient (Wildman–Crippen LogP) is 11.5. The minimum atomic E-state index is -0.661. The minimum absolute atomic E-state index is 0.140. The zero-order valence-electron chi connectivity index (χ0n) is 41.4. The molecule has 0 saturated carbocycles. The van der Waals surface area contributed by atoms with Crippen LogP contribution in [0.2, 0.25) is 0 Å². The SMILES string of the molecule is CCC(C)(C)Oc1cc2c(cc1OC)-c1nc-2nc2[nH]c(nc3nc(nc4[nH]c(n1)c1cc5c(cc41)OC(C)C(C)(C)O5)-c1cc4c(cc1-3)OC(C)(C)C(C)(C)O4)c1cc(OC(C)C)c(OC)cc21. The van der Waals surface area contributed by atoms with E-state index in [0.717, 1.165) is 17.2 Å². The second-order valence-electron chi connectivity index (χ2n) is 20.5. The van der Waals surface area contributed by atoms with E-state index in [2.05, 4.69) is 16.9 Å². The third-order valence-corrected chi connectivity index (χ3v) is 14.0. The van der Waals surface area contributed by atoms with Crippen LogP contribution in [0.4, 0.5) is 0 Å². The summed E-state index contributed by atoms with van der Waals surface area (Å²) in [5.74, 6) is 5.98. The molecule has 4 aliphatic heterocycles. The Morgan fingerprint density at radius 2 is 0.957 bits per heavy atom. The van der Waals surface area contributed by atoms with Crippen molar-refractivity contribution in [3.8, 4) is 91.5 Å². The number of ether oxygens (including phenoxy) is 8. The van der Waals surface area contributed by atoms with Crippen LogP contribution >= 0.6 is 0 Å². The molecule has 2 N–H and O–H groups in total. The van der Waals surface area contributed by atoms with Crippen molar-refractivity contribution in [2.75, 3.05) is 14.2 Å². The molecule has 16 heteroatoms. The van der Waals surface area contributed by atoms with Crippen LogP contribution in [0.15, 0.2) is 48.5 Å². The minimum Gasteiger partial charge on any atom is -0.493 e. The van der Waals surface area contributed by atoms with Gasteiger partial charge in [-0.05, 0) is 131 Å². The molecule has 7 aromatic rings. The Kier molecular flexibility index (Phi) is 9.65. The molecule has 7 heterocycles. The van der Waals surface area contributed by atoms with Gasteiger partial charge in [0.05, 0.1) is 20.3 Å². The van der Waals surface area contributed by atoms with Gasteiger partial charge < -0.3 is 47.9 Å². The van der Waals surface area contributed by atoms with Crippen LogP contribution in [0.1, 0.15) is 89.5 Å². The van der Waals surface area contributed by atoms with Gasteiger partial charge in [0.25, 0.3) is 0 Å². The second kappa shape index (κ2) is 15.1. The van der Waals surface area contributed by atoms with Gasteiger partial charge in [-0.2, -0.15) is 0 Å². The lowest BCUT2D eigenvalue weighted by Crippen LogP contribution is -2.56. The van der Waals surface area contributed by atoms with Crippen molar-refractivity contribution in [1.82, 2.24) is 39.9 Å². The summed E-state index contributed by atoms with van der Waals surface area (Å²) in [6.45, 7) is 24.2. The molecule has 0 amide bonds. The van der Waals surface area contributed by atoms with Crippen LogP contribution < -0.4 is 37.9 Å². The molecule has 11 rings (SSSR count). The molecule has 0 saturated heterocycles. The number of nitrogens with one attached hydrogen (secondary N) is 2. The Labute approximate surface area is 399 Å². The summed E-state index contributed by atoms with van der Waals surface area (Å²) in [6.07, 6.45) is 0.381. The fourth-order valence-electron chi connectivity index (χ4n) is 8.76. The highest BCUT2D eigenvalue weighted by molar-refractivity contribution is 6.08. The quantitative estimate of drug-likeness (QED) is 0.154. The van der Waals surface area contributed by atoms with Crippen LogP contribution in [0.3, 0.4) is 0 Å². The van der Waals surface area contributed by atoms with Crippen LogP contribution in [0.25, 0.3) is 89.7 Å². The third kappa shape index (κ3) is 7.16. The number of hydrogen-bond acceptors (Lipinski definition) is 14. The fourth-order valence-corrected chi connectivity index (χ4v) is 8.76. The van der Waals surface area contributed by atoms with Crippen molar-refractivity contribution in [2.24, 2.45) is 0 Å². The maximum absolute atomic E-state index is 6.68. The van der Waals surface area contributed by atoms with E-state index in [4.69, 9.17) is 67.8 Å². The maximum Gasteiger partial charge on any atom is 0.164 e. The zero-order chi connectivity index (χ0) is 48.7. The van der Waals surface area contributed by atoms with E-state index in [9.17, 15) is 0 Å². The van der Waals surface area contributed by atoms with E-state index >= 15 is 0 Å². The van der Waals surface area contributed by atoms with Gasteiger partial charge in [0.2, 0.25) is 0 Å². The average Bonchev–Trinajstić information content (AvgIpc) is 3.99. The number of aromatic amines is 2. The zero-order valence-corrected chi connectivity index (χ0v) is 41.4. The first-order valence-electron chi connectivity index (χ1n) is 23.4. The number of fused-ring (bicyclic) bond motifs is 22. The lowest BCUT2D eigenvalue weighted by molar-refractivity contribution is -0.0990. The van der Waals surface area contributed by atoms with Crippen LogP contribution in [0.5, 0.6) is 46.0 Å². The van der Waals surface area contributed by atoms with Crippen molar-refractivity contribution in [3.05, 3.63) is 48.5 Å². The van der Waals surface area contributed by atoms with E-state index in [1.165, 1.54) is 0 Å². The molecular formula is C53H56N8O8. The first-order chi connectivity index (χ1) is 32.6. The molecule has 4 aromatic carbocycles. The number of methoxy groups -OCH3 is 2. The molecule has 1 atom stereocenters. The molecule has 0 aliphatic carbocycles. The van der Waals surface area contributed by atoms with Crippen molar-refractivity contribution in [3.63, 3.8) is 0 Å². The smallest absolute Gasteiger partial charge is 0.164 e. The van der Waals surface area contributed by atoms with Gasteiger partial charge in [0.15, 0.2) is 69.3 Å². The molecule has 0 radical (unpaired) electrons. The van der Waals surface area contributed by atoms with Gasteiger partial charge in [-0.3, -0.25) is 0 Å². The molecular weight excluding hydrogens is 877 g/mol. The van der Waals surface area contributed by atoms with Gasteiger partial charge in [-0.25, -0.2) is 29.9 Å². The van der Waals surface area contributed by atoms with Gasteiger partial charge >= 0.3 is 0 Å². The topological polar surface area (TPSA) is 183 Å². The molecule has 1 unspecified atom stereocenters. The Balaban J connectivity index is 1.28. The van der Waals surface area contributed by atoms with Gasteiger partial charge in [-0.1, -0.05) is 6.92 Å². The predicted molar refractivity (Wildman–Crippen MR) is 264 cm³/mol. The number of hydrogen-bond donors (Lipinski definition) is 2. The molecule has 0 spiro atoms. The Morgan fingerprint density at radius 3 is 1.42 bits per heavy atom. The van der Waals surface area contributed by atoms with Crippen molar-refractivity contribution >= 4 is 44.1 Å². The fraction of sp³-hybridized carbons (Fsp3) is 0.396. The molecule has 3 aromatic heterocycles. The van der Waals surface area contributed by atoms with Gasteiger partial charge in [0.1, 0.15) is 51.1 Å². The largest absolute Gasteiger partial charge is 0.493 e. The maximum atomic E-state index is 6.68. The lowest BCUT2D eigenvalue weighted by Gasteiger charge is -2.45. The Hall–Kier alpha value is -7.36. The lowest BCUT2D eigenvalue weighted by atomic mass is 9.87. The number of aromatic nitrogens is 8. The third-order valence-electron chi connectivity index (χ3n) is 14.0. The molecule has 8 bridgehead atoms. The summed E-state index contributed by atoms with van der Waals surface area (Å²) in [5.41, 5.74) is 2.23. The number of nitrogens with zero attached hydrogens (tertiary/aromatic N) is 6. The number of H-pyrrole nitrogens is 2. The molecule has 0 fully saturated rings. The van der Waals surface area contributed by atoms with Gasteiger partial charge in [0, 0.05) is 43.8 Å². The first kappa shape index (κ1) is 44.2. The van der Waals surface area contributed by atoms with Crippen LogP contribution in [-0.4, -0.2) is 88.7 Å². The molecule has 16 nitrogen and oxygen atoms in total. The molecule has 4 aliphatic rings. The Morgan fingerprint density at radius 1 is 0.551 bits per heavy atom. The summed E-state index contributed by atoms with van der Waals surface area (Å²) in [7, 11) is 3.24. The van der Waals surface area contributed by atoms with E-state index in [1.807, 2.05) is 125 Å². The second-order valence-corrected chi connectivity index (χ2v) is 20.5. The van der Waals surface area contributed by atoms with E-state index in [-0.39, 0.29) is 12.2 Å².